The number of carbonyl (C=O) groups is 6. The van der Waals surface area contributed by atoms with Gasteiger partial charge in [0.05, 0.1) is 11.8 Å². The van der Waals surface area contributed by atoms with Crippen molar-refractivity contribution in [3.8, 4) is 0 Å². The number of hydrogen-bond acceptors (Lipinski definition) is 10. The van der Waals surface area contributed by atoms with Gasteiger partial charge < -0.3 is 18.9 Å². The molecule has 0 aliphatic heterocycles. The van der Waals surface area contributed by atoms with Crippen molar-refractivity contribution < 1.29 is 64.8 Å². The Kier molecular flexibility index (Phi) is 24.1. The maximum atomic E-state index is 12.1. The van der Waals surface area contributed by atoms with Crippen molar-refractivity contribution in [3.63, 3.8) is 0 Å². The molecule has 0 aromatic carbocycles. The molecule has 296 valence electrons. The van der Waals surface area contributed by atoms with Gasteiger partial charge in [0.2, 0.25) is 23.7 Å². The van der Waals surface area contributed by atoms with E-state index in [1.54, 1.807) is 134 Å². The second-order valence-corrected chi connectivity index (χ2v) is 14.4. The Morgan fingerprint density at radius 2 is 0.698 bits per heavy atom. The Hall–Kier alpha value is -3.14. The van der Waals surface area contributed by atoms with Crippen LogP contribution in [-0.2, 0) is 45.6 Å². The van der Waals surface area contributed by atoms with Gasteiger partial charge in [0, 0.05) is 0 Å². The van der Waals surface area contributed by atoms with Gasteiger partial charge in [0.1, 0.15) is 22.4 Å². The van der Waals surface area contributed by atoms with E-state index in [1.165, 1.54) is 0 Å². The molecule has 2 fully saturated rings. The smallest absolute Gasteiger partial charge is 0.444 e. The van der Waals surface area contributed by atoms with Crippen molar-refractivity contribution in [1.29, 1.82) is 0 Å². The molecule has 0 heterocycles. The second kappa shape index (κ2) is 23.6. The molecule has 10 radical (unpaired) electrons. The van der Waals surface area contributed by atoms with E-state index in [0.717, 1.165) is 0 Å². The summed E-state index contributed by atoms with van der Waals surface area (Å²) < 4.78 is 20.3. The van der Waals surface area contributed by atoms with Crippen LogP contribution in [0, 0.1) is 63.2 Å². The first-order valence-electron chi connectivity index (χ1n) is 15.4. The van der Waals surface area contributed by atoms with Gasteiger partial charge in [-0.2, -0.15) is 0 Å². The molecule has 53 heavy (non-hydrogen) atoms. The van der Waals surface area contributed by atoms with E-state index in [1.807, 2.05) is 0 Å². The summed E-state index contributed by atoms with van der Waals surface area (Å²) in [6.07, 6.45) is 9.39. The van der Waals surface area contributed by atoms with Crippen LogP contribution in [0.5, 0.6) is 0 Å². The largest absolute Gasteiger partial charge is 2.00 e. The average molecular weight is 830 g/mol. The number of amides is 6. The fourth-order valence-electron chi connectivity index (χ4n) is 3.14. The van der Waals surface area contributed by atoms with Gasteiger partial charge in [-0.05, 0) is 134 Å². The molecule has 6 amide bonds. The molecule has 0 saturated heterocycles. The number of nitrogens with zero attached hydrogens (tertiary/aromatic N) is 2. The number of guanidine groups is 2. The van der Waals surface area contributed by atoms with Gasteiger partial charge in [0.15, 0.2) is 0 Å². The molecule has 0 bridgehead atoms. The number of carbonyl (C=O) groups excluding carboxylic acids is 6. The molecule has 2 rings (SSSR count). The minimum absolute atomic E-state index is 0. The molecule has 16 nitrogen and oxygen atoms in total. The third kappa shape index (κ3) is 27.2. The van der Waals surface area contributed by atoms with Crippen LogP contribution < -0.4 is 21.3 Å². The van der Waals surface area contributed by atoms with Gasteiger partial charge in [-0.3, -0.25) is 30.9 Å². The molecule has 0 unspecified atom stereocenters. The van der Waals surface area contributed by atoms with Crippen molar-refractivity contribution in [3.05, 3.63) is 63.2 Å². The fraction of sp³-hybridized carbons (Fsp3) is 0.471. The molecular formula is C34H50Cl2FeN6O10+2. The standard InChI is InChI=1S/2C17H24N3O5.2ClH.Fe/c2*1-16(2,3)24-14(22)19-13(20-15(23)25-17(4,5)6)18-12(21)11-9-7-8-10-11;;;/h2*7-10H,1-6H3,(H2,18,19,20,21,22,23);2*1H;/q;;;;+2. The Morgan fingerprint density at radius 3 is 0.925 bits per heavy atom. The summed E-state index contributed by atoms with van der Waals surface area (Å²) in [5.74, 6) is -1.14. The Morgan fingerprint density at radius 1 is 0.453 bits per heavy atom. The summed E-state index contributed by atoms with van der Waals surface area (Å²) >= 11 is 0. The maximum absolute atomic E-state index is 12.1. The molecule has 0 aromatic rings. The van der Waals surface area contributed by atoms with Crippen LogP contribution >= 0.6 is 24.8 Å². The summed E-state index contributed by atoms with van der Waals surface area (Å²) in [6, 6.07) is 0. The Labute approximate surface area is 336 Å². The average Bonchev–Trinajstić information content (AvgIpc) is 3.59. The summed E-state index contributed by atoms with van der Waals surface area (Å²) in [7, 11) is 0. The van der Waals surface area contributed by atoms with Gasteiger partial charge in [0.25, 0.3) is 0 Å². The number of aliphatic imine (C=N–C) groups is 2. The zero-order valence-corrected chi connectivity index (χ0v) is 34.5. The van der Waals surface area contributed by atoms with E-state index in [-0.39, 0.29) is 53.8 Å². The van der Waals surface area contributed by atoms with Crippen molar-refractivity contribution in [2.75, 3.05) is 0 Å². The van der Waals surface area contributed by atoms with Crippen LogP contribution in [0.15, 0.2) is 9.98 Å². The quantitative estimate of drug-likeness (QED) is 0.119. The van der Waals surface area contributed by atoms with Crippen molar-refractivity contribution in [2.24, 2.45) is 9.98 Å². The van der Waals surface area contributed by atoms with Crippen LogP contribution in [0.25, 0.3) is 0 Å². The minimum atomic E-state index is -0.957. The van der Waals surface area contributed by atoms with E-state index in [4.69, 9.17) is 18.9 Å². The molecule has 2 aliphatic rings. The van der Waals surface area contributed by atoms with Gasteiger partial charge in [-0.15, -0.1) is 34.8 Å². The van der Waals surface area contributed by atoms with E-state index in [2.05, 4.69) is 31.3 Å². The number of rotatable bonds is 2. The topological polar surface area (TPSA) is 212 Å². The number of hydrogen-bond donors (Lipinski definition) is 4. The molecule has 0 aromatic heterocycles. The molecule has 4 N–H and O–H groups in total. The zero-order chi connectivity index (χ0) is 38.5. The summed E-state index contributed by atoms with van der Waals surface area (Å²) in [5.41, 5.74) is -3.05. The van der Waals surface area contributed by atoms with E-state index in [9.17, 15) is 28.8 Å². The minimum Gasteiger partial charge on any atom is -0.444 e. The molecule has 2 aliphatic carbocycles. The summed E-state index contributed by atoms with van der Waals surface area (Å²) in [5, 5.41) is 9.18. The van der Waals surface area contributed by atoms with Crippen LogP contribution in [0.3, 0.4) is 0 Å². The maximum Gasteiger partial charge on any atom is 2.00 e. The number of halogens is 2. The van der Waals surface area contributed by atoms with Gasteiger partial charge in [-0.1, -0.05) is 0 Å². The third-order valence-corrected chi connectivity index (χ3v) is 4.75. The molecule has 19 heteroatoms. The van der Waals surface area contributed by atoms with Crippen LogP contribution in [0.4, 0.5) is 19.2 Å². The van der Waals surface area contributed by atoms with Crippen molar-refractivity contribution in [2.45, 2.75) is 105 Å². The monoisotopic (exact) mass is 828 g/mol. The van der Waals surface area contributed by atoms with Crippen LogP contribution in [0.1, 0.15) is 83.1 Å². The summed E-state index contributed by atoms with van der Waals surface area (Å²) in [6.45, 7) is 20.1. The van der Waals surface area contributed by atoms with E-state index >= 15 is 0 Å². The molecule has 0 spiro atoms. The van der Waals surface area contributed by atoms with Crippen molar-refractivity contribution >= 4 is 72.9 Å². The molecule has 2 saturated carbocycles. The molecular weight excluding hydrogens is 779 g/mol. The van der Waals surface area contributed by atoms with E-state index < -0.39 is 58.6 Å². The Bertz CT molecular complexity index is 1190. The number of nitrogens with one attached hydrogen (secondary N) is 4. The summed E-state index contributed by atoms with van der Waals surface area (Å²) in [4.78, 5) is 78.9. The predicted octanol–water partition coefficient (Wildman–Crippen LogP) is 5.49. The van der Waals surface area contributed by atoms with Crippen molar-refractivity contribution in [1.82, 2.24) is 21.3 Å². The molecule has 0 atom stereocenters. The second-order valence-electron chi connectivity index (χ2n) is 14.4. The number of alkyl carbamates (subject to hydrolysis) is 2. The van der Waals surface area contributed by atoms with Crippen LogP contribution in [-0.4, -0.2) is 70.5 Å². The fourth-order valence-corrected chi connectivity index (χ4v) is 3.14. The number of ether oxygens (including phenoxy) is 4. The third-order valence-electron chi connectivity index (χ3n) is 4.75. The first-order valence-corrected chi connectivity index (χ1v) is 15.4. The van der Waals surface area contributed by atoms with E-state index in [0.29, 0.717) is 11.8 Å². The van der Waals surface area contributed by atoms with Gasteiger partial charge in [-0.25, -0.2) is 19.2 Å². The first kappa shape index (κ1) is 54.2. The van der Waals surface area contributed by atoms with Crippen LogP contribution in [0.2, 0.25) is 0 Å². The zero-order valence-electron chi connectivity index (χ0n) is 31.8. The van der Waals surface area contributed by atoms with Gasteiger partial charge >= 0.3 is 41.4 Å². The predicted molar refractivity (Wildman–Crippen MR) is 198 cm³/mol. The first-order chi connectivity index (χ1) is 22.7. The SMILES string of the molecule is CC(C)(C)OC(=O)/N=C(/NC(=O)OC(C)(C)C)NC(=O)[C]1[CH][CH][CH][CH]1.CC(C)(C)OC(=O)/N=C(/NC(=O)OC(C)(C)C)NC(=O)[C]1[CH][CH][CH][CH]1.Cl.Cl.[Fe+2]. The Balaban J connectivity index is -0.000000893. The normalized spacial score (nSPS) is 15.4.